The van der Waals surface area contributed by atoms with E-state index in [4.69, 9.17) is 20.8 Å². The van der Waals surface area contributed by atoms with Gasteiger partial charge in [0.2, 0.25) is 5.89 Å². The zero-order valence-corrected chi connectivity index (χ0v) is 13.1. The van der Waals surface area contributed by atoms with Gasteiger partial charge in [0.1, 0.15) is 30.0 Å². The lowest BCUT2D eigenvalue weighted by atomic mass is 10.1. The Morgan fingerprint density at radius 2 is 1.95 bits per heavy atom. The maximum Gasteiger partial charge on any atom is 0.245 e. The highest BCUT2D eigenvalue weighted by Crippen LogP contribution is 2.26. The summed E-state index contributed by atoms with van der Waals surface area (Å²) in [7, 11) is 0. The Kier molecular flexibility index (Phi) is 4.11. The second-order valence-electron chi connectivity index (χ2n) is 5.02. The van der Waals surface area contributed by atoms with Crippen molar-refractivity contribution < 1.29 is 9.15 Å². The fourth-order valence-corrected chi connectivity index (χ4v) is 2.24. The monoisotopic (exact) mass is 314 g/mol. The molecular weight excluding hydrogens is 300 g/mol. The van der Waals surface area contributed by atoms with E-state index in [1.807, 2.05) is 44.2 Å². The van der Waals surface area contributed by atoms with Gasteiger partial charge in [-0.1, -0.05) is 17.7 Å². The number of aryl methyl sites for hydroxylation is 2. The average Bonchev–Trinajstić information content (AvgIpc) is 3.00. The van der Waals surface area contributed by atoms with Gasteiger partial charge in [0.15, 0.2) is 0 Å². The van der Waals surface area contributed by atoms with Crippen molar-refractivity contribution in [2.45, 2.75) is 20.5 Å². The van der Waals surface area contributed by atoms with Crippen LogP contribution < -0.4 is 4.74 Å². The first kappa shape index (κ1) is 14.6. The summed E-state index contributed by atoms with van der Waals surface area (Å²) in [5, 5.41) is 0.770. The van der Waals surface area contributed by atoms with Crippen molar-refractivity contribution in [2.75, 3.05) is 0 Å². The van der Waals surface area contributed by atoms with Gasteiger partial charge in [0.05, 0.1) is 0 Å². The number of oxazole rings is 1. The van der Waals surface area contributed by atoms with E-state index in [1.54, 1.807) is 12.5 Å². The van der Waals surface area contributed by atoms with Crippen LogP contribution in [-0.2, 0) is 6.61 Å². The third-order valence-electron chi connectivity index (χ3n) is 3.23. The largest absolute Gasteiger partial charge is 0.487 e. The number of nitrogens with zero attached hydrogens (tertiary/aromatic N) is 2. The topological polar surface area (TPSA) is 48.2 Å². The molecule has 0 atom stereocenters. The smallest absolute Gasteiger partial charge is 0.245 e. The molecule has 0 aliphatic carbocycles. The van der Waals surface area contributed by atoms with Crippen LogP contribution in [0.25, 0.3) is 11.6 Å². The predicted molar refractivity (Wildman–Crippen MR) is 85.0 cm³/mol. The lowest BCUT2D eigenvalue weighted by Gasteiger charge is -2.08. The highest BCUT2D eigenvalue weighted by Gasteiger charge is 2.09. The molecular formula is C17H15ClN2O2. The molecule has 0 aliphatic rings. The molecule has 112 valence electrons. The first-order valence-electron chi connectivity index (χ1n) is 6.89. The third-order valence-corrected chi connectivity index (χ3v) is 3.83. The van der Waals surface area contributed by atoms with E-state index in [0.717, 1.165) is 21.9 Å². The molecule has 0 aliphatic heterocycles. The molecule has 0 radical (unpaired) electrons. The minimum absolute atomic E-state index is 0.330. The summed E-state index contributed by atoms with van der Waals surface area (Å²) in [6.45, 7) is 4.24. The number of ether oxygens (including phenoxy) is 1. The number of pyridine rings is 1. The van der Waals surface area contributed by atoms with E-state index < -0.39 is 0 Å². The molecule has 2 aromatic heterocycles. The van der Waals surface area contributed by atoms with Crippen LogP contribution in [0.15, 0.2) is 47.2 Å². The van der Waals surface area contributed by atoms with Gasteiger partial charge in [-0.15, -0.1) is 0 Å². The molecule has 22 heavy (non-hydrogen) atoms. The summed E-state index contributed by atoms with van der Waals surface area (Å²) in [5.41, 5.74) is 3.40. The summed E-state index contributed by atoms with van der Waals surface area (Å²) < 4.78 is 11.2. The van der Waals surface area contributed by atoms with Gasteiger partial charge in [0.25, 0.3) is 0 Å². The van der Waals surface area contributed by atoms with Crippen LogP contribution in [0.3, 0.4) is 0 Å². The van der Waals surface area contributed by atoms with Crippen molar-refractivity contribution in [1.82, 2.24) is 9.97 Å². The average molecular weight is 315 g/mol. The Morgan fingerprint density at radius 1 is 1.18 bits per heavy atom. The highest BCUT2D eigenvalue weighted by atomic mass is 35.5. The maximum absolute atomic E-state index is 6.15. The molecule has 0 N–H and O–H groups in total. The maximum atomic E-state index is 6.15. The predicted octanol–water partition coefficient (Wildman–Crippen LogP) is 4.59. The fourth-order valence-electron chi connectivity index (χ4n) is 2.13. The van der Waals surface area contributed by atoms with Crippen molar-refractivity contribution in [3.63, 3.8) is 0 Å². The molecule has 1 aromatic carbocycles. The third kappa shape index (κ3) is 3.12. The van der Waals surface area contributed by atoms with Crippen molar-refractivity contribution in [3.8, 4) is 17.3 Å². The summed E-state index contributed by atoms with van der Waals surface area (Å²) in [4.78, 5) is 8.58. The van der Waals surface area contributed by atoms with Gasteiger partial charge in [-0.3, -0.25) is 4.98 Å². The molecule has 0 amide bonds. The lowest BCUT2D eigenvalue weighted by molar-refractivity contribution is 0.300. The minimum Gasteiger partial charge on any atom is -0.487 e. The molecule has 0 saturated carbocycles. The van der Waals surface area contributed by atoms with Crippen LogP contribution in [-0.4, -0.2) is 9.97 Å². The van der Waals surface area contributed by atoms with Crippen LogP contribution >= 0.6 is 11.6 Å². The van der Waals surface area contributed by atoms with Crippen molar-refractivity contribution >= 4 is 11.6 Å². The molecule has 0 fully saturated rings. The first-order chi connectivity index (χ1) is 10.6. The Bertz CT molecular complexity index is 761. The molecule has 0 bridgehead atoms. The fraction of sp³-hybridized carbons (Fsp3) is 0.176. The molecule has 3 aromatic rings. The number of hydrogen-bond donors (Lipinski definition) is 0. The van der Waals surface area contributed by atoms with Gasteiger partial charge in [-0.05, 0) is 49.2 Å². The van der Waals surface area contributed by atoms with Gasteiger partial charge < -0.3 is 9.15 Å². The van der Waals surface area contributed by atoms with E-state index in [0.29, 0.717) is 23.9 Å². The van der Waals surface area contributed by atoms with Gasteiger partial charge in [-0.2, -0.15) is 0 Å². The van der Waals surface area contributed by atoms with Gasteiger partial charge in [0, 0.05) is 11.2 Å². The van der Waals surface area contributed by atoms with E-state index >= 15 is 0 Å². The Labute approximate surface area is 133 Å². The first-order valence-corrected chi connectivity index (χ1v) is 7.26. The van der Waals surface area contributed by atoms with Gasteiger partial charge in [-0.25, -0.2) is 4.98 Å². The molecule has 3 rings (SSSR count). The second kappa shape index (κ2) is 6.20. The summed E-state index contributed by atoms with van der Waals surface area (Å²) >= 11 is 6.15. The van der Waals surface area contributed by atoms with E-state index in [9.17, 15) is 0 Å². The van der Waals surface area contributed by atoms with E-state index in [2.05, 4.69) is 9.97 Å². The van der Waals surface area contributed by atoms with Crippen LogP contribution in [0, 0.1) is 13.8 Å². The number of benzene rings is 1. The SMILES string of the molecule is Cc1cc(OCc2coc(-c3ccccn3)n2)cc(C)c1Cl. The molecule has 0 unspecified atom stereocenters. The number of rotatable bonds is 4. The van der Waals surface area contributed by atoms with Crippen LogP contribution in [0.1, 0.15) is 16.8 Å². The van der Waals surface area contributed by atoms with Crippen molar-refractivity contribution in [3.05, 3.63) is 64.6 Å². The van der Waals surface area contributed by atoms with Crippen molar-refractivity contribution in [2.24, 2.45) is 0 Å². The van der Waals surface area contributed by atoms with E-state index in [1.165, 1.54) is 0 Å². The van der Waals surface area contributed by atoms with Crippen LogP contribution in [0.5, 0.6) is 5.75 Å². The summed E-state index contributed by atoms with van der Waals surface area (Å²) in [5.74, 6) is 1.25. The Morgan fingerprint density at radius 3 is 2.64 bits per heavy atom. The zero-order valence-electron chi connectivity index (χ0n) is 12.3. The van der Waals surface area contributed by atoms with E-state index in [-0.39, 0.29) is 0 Å². The minimum atomic E-state index is 0.330. The zero-order chi connectivity index (χ0) is 15.5. The normalized spacial score (nSPS) is 10.7. The van der Waals surface area contributed by atoms with Crippen LogP contribution in [0.4, 0.5) is 0 Å². The number of hydrogen-bond acceptors (Lipinski definition) is 4. The molecule has 0 saturated heterocycles. The Balaban J connectivity index is 1.71. The van der Waals surface area contributed by atoms with Crippen LogP contribution in [0.2, 0.25) is 5.02 Å². The quantitative estimate of drug-likeness (QED) is 0.707. The van der Waals surface area contributed by atoms with Crippen molar-refractivity contribution in [1.29, 1.82) is 0 Å². The standard InChI is InChI=1S/C17H15ClN2O2/c1-11-7-14(8-12(2)16(11)18)21-9-13-10-22-17(20-13)15-5-3-4-6-19-15/h3-8,10H,9H2,1-2H3. The molecule has 0 spiro atoms. The summed E-state index contributed by atoms with van der Waals surface area (Å²) in [6, 6.07) is 9.41. The molecule has 5 heteroatoms. The molecule has 4 nitrogen and oxygen atoms in total. The van der Waals surface area contributed by atoms with Gasteiger partial charge >= 0.3 is 0 Å². The number of halogens is 1. The number of aromatic nitrogens is 2. The Hall–Kier alpha value is -2.33. The lowest BCUT2D eigenvalue weighted by Crippen LogP contribution is -1.97. The highest BCUT2D eigenvalue weighted by molar-refractivity contribution is 6.32. The molecule has 2 heterocycles. The second-order valence-corrected chi connectivity index (χ2v) is 5.40. The summed E-state index contributed by atoms with van der Waals surface area (Å²) in [6.07, 6.45) is 3.29.